The van der Waals surface area contributed by atoms with Crippen LogP contribution in [0.1, 0.15) is 28.8 Å². The number of benzene rings is 2. The van der Waals surface area contributed by atoms with Gasteiger partial charge in [0.1, 0.15) is 23.9 Å². The molecule has 0 radical (unpaired) electrons. The molecule has 1 fully saturated rings. The van der Waals surface area contributed by atoms with Crippen molar-refractivity contribution in [3.8, 4) is 11.5 Å². The number of fused-ring (bicyclic) bond motifs is 1. The van der Waals surface area contributed by atoms with Crippen LogP contribution in [0.15, 0.2) is 42.5 Å². The summed E-state index contributed by atoms with van der Waals surface area (Å²) in [6.07, 6.45) is 1.80. The first-order valence-electron chi connectivity index (χ1n) is 9.54. The molecule has 4 rings (SSSR count). The minimum absolute atomic E-state index is 0.0102. The number of rotatable bonds is 4. The maximum atomic E-state index is 14.4. The van der Waals surface area contributed by atoms with Gasteiger partial charge in [-0.1, -0.05) is 18.2 Å². The van der Waals surface area contributed by atoms with Crippen LogP contribution in [0.3, 0.4) is 0 Å². The molecule has 5 nitrogen and oxygen atoms in total. The van der Waals surface area contributed by atoms with E-state index in [0.717, 1.165) is 18.6 Å². The highest BCUT2D eigenvalue weighted by Gasteiger charge is 2.28. The third kappa shape index (κ3) is 4.01. The Morgan fingerprint density at radius 2 is 1.93 bits per heavy atom. The molecule has 0 unspecified atom stereocenters. The van der Waals surface area contributed by atoms with E-state index in [4.69, 9.17) is 9.47 Å². The van der Waals surface area contributed by atoms with Gasteiger partial charge in [0.15, 0.2) is 5.78 Å². The Labute approximate surface area is 163 Å². The molecule has 0 N–H and O–H groups in total. The van der Waals surface area contributed by atoms with E-state index in [2.05, 4.69) is 0 Å². The van der Waals surface area contributed by atoms with Gasteiger partial charge in [0, 0.05) is 31.1 Å². The average molecular weight is 383 g/mol. The zero-order valence-corrected chi connectivity index (χ0v) is 15.5. The van der Waals surface area contributed by atoms with Crippen LogP contribution in [-0.4, -0.2) is 42.9 Å². The van der Waals surface area contributed by atoms with Crippen molar-refractivity contribution in [2.24, 2.45) is 5.92 Å². The second kappa shape index (κ2) is 8.00. The van der Waals surface area contributed by atoms with E-state index < -0.39 is 5.82 Å². The van der Waals surface area contributed by atoms with Crippen LogP contribution in [0.5, 0.6) is 11.5 Å². The summed E-state index contributed by atoms with van der Waals surface area (Å²) in [4.78, 5) is 26.0. The fourth-order valence-corrected chi connectivity index (χ4v) is 3.66. The fraction of sp³-hybridized carbons (Fsp3) is 0.364. The third-order valence-corrected chi connectivity index (χ3v) is 5.29. The Balaban J connectivity index is 1.36. The highest BCUT2D eigenvalue weighted by molar-refractivity contribution is 5.95. The Kier molecular flexibility index (Phi) is 5.28. The number of hydrogen-bond acceptors (Lipinski definition) is 4. The number of carbonyl (C=O) groups is 2. The van der Waals surface area contributed by atoms with E-state index in [9.17, 15) is 14.0 Å². The lowest BCUT2D eigenvalue weighted by Crippen LogP contribution is -2.40. The molecule has 0 aromatic heterocycles. The van der Waals surface area contributed by atoms with Gasteiger partial charge in [-0.25, -0.2) is 4.39 Å². The van der Waals surface area contributed by atoms with Crippen LogP contribution in [0.4, 0.5) is 4.39 Å². The summed E-state index contributed by atoms with van der Waals surface area (Å²) in [5.41, 5.74) is 0.586. The van der Waals surface area contributed by atoms with Crippen molar-refractivity contribution in [3.05, 3.63) is 59.4 Å². The van der Waals surface area contributed by atoms with Gasteiger partial charge in [0.05, 0.1) is 12.2 Å². The van der Waals surface area contributed by atoms with Crippen molar-refractivity contribution >= 4 is 11.7 Å². The molecule has 28 heavy (non-hydrogen) atoms. The Morgan fingerprint density at radius 3 is 2.68 bits per heavy atom. The molecule has 2 aromatic carbocycles. The number of likely N-dealkylation sites (tertiary alicyclic amines) is 1. The lowest BCUT2D eigenvalue weighted by Gasteiger charge is -2.32. The van der Waals surface area contributed by atoms with Crippen molar-refractivity contribution in [2.45, 2.75) is 19.3 Å². The zero-order valence-electron chi connectivity index (χ0n) is 15.5. The molecule has 0 spiro atoms. The van der Waals surface area contributed by atoms with Gasteiger partial charge in [-0.3, -0.25) is 9.59 Å². The van der Waals surface area contributed by atoms with E-state index in [-0.39, 0.29) is 30.3 Å². The molecule has 2 aromatic rings. The molecule has 2 aliphatic heterocycles. The van der Waals surface area contributed by atoms with Crippen LogP contribution in [-0.2, 0) is 11.2 Å². The lowest BCUT2D eigenvalue weighted by atomic mass is 9.96. The van der Waals surface area contributed by atoms with Gasteiger partial charge in [-0.2, -0.15) is 0 Å². The van der Waals surface area contributed by atoms with Crippen LogP contribution >= 0.6 is 0 Å². The standard InChI is InChI=1S/C22H22FNO4/c23-20-12-21-16(10-17(25)14-28-21)11-19(20)22(26)24-8-6-15(7-9-24)13-27-18-4-2-1-3-5-18/h1-5,11-12,15H,6-10,13-14H2. The molecular weight excluding hydrogens is 361 g/mol. The monoisotopic (exact) mass is 383 g/mol. The molecule has 1 amide bonds. The van der Waals surface area contributed by atoms with Crippen LogP contribution < -0.4 is 9.47 Å². The number of piperidine rings is 1. The largest absolute Gasteiger partial charge is 0.493 e. The zero-order chi connectivity index (χ0) is 19.5. The van der Waals surface area contributed by atoms with Crippen LogP contribution in [0.2, 0.25) is 0 Å². The highest BCUT2D eigenvalue weighted by atomic mass is 19.1. The Bertz CT molecular complexity index is 876. The summed E-state index contributed by atoms with van der Waals surface area (Å²) in [5, 5.41) is 0. The molecule has 2 heterocycles. The maximum Gasteiger partial charge on any atom is 0.256 e. The minimum Gasteiger partial charge on any atom is -0.493 e. The van der Waals surface area contributed by atoms with Crippen molar-refractivity contribution in [2.75, 3.05) is 26.3 Å². The Hall–Kier alpha value is -2.89. The number of ketones is 1. The average Bonchev–Trinajstić information content (AvgIpc) is 2.73. The minimum atomic E-state index is -0.604. The molecule has 1 saturated heterocycles. The molecule has 146 valence electrons. The number of Topliss-reactive ketones (excluding diaryl/α,β-unsaturated/α-hetero) is 1. The second-order valence-corrected chi connectivity index (χ2v) is 7.30. The van der Waals surface area contributed by atoms with Crippen molar-refractivity contribution in [3.63, 3.8) is 0 Å². The van der Waals surface area contributed by atoms with Crippen molar-refractivity contribution in [1.29, 1.82) is 0 Å². The molecule has 0 aliphatic carbocycles. The normalized spacial score (nSPS) is 17.0. The van der Waals surface area contributed by atoms with E-state index in [1.165, 1.54) is 12.1 Å². The number of ether oxygens (including phenoxy) is 2. The summed E-state index contributed by atoms with van der Waals surface area (Å²) in [6, 6.07) is 12.3. The number of halogens is 1. The number of hydrogen-bond donors (Lipinski definition) is 0. The predicted octanol–water partition coefficient (Wildman–Crippen LogP) is 3.26. The predicted molar refractivity (Wildman–Crippen MR) is 101 cm³/mol. The first-order valence-corrected chi connectivity index (χ1v) is 9.54. The van der Waals surface area contributed by atoms with Gasteiger partial charge in [0.2, 0.25) is 0 Å². The molecule has 2 aliphatic rings. The van der Waals surface area contributed by atoms with Gasteiger partial charge < -0.3 is 14.4 Å². The first kappa shape index (κ1) is 18.5. The van der Waals surface area contributed by atoms with Crippen molar-refractivity contribution in [1.82, 2.24) is 4.90 Å². The first-order chi connectivity index (χ1) is 13.6. The molecule has 0 saturated carbocycles. The summed E-state index contributed by atoms with van der Waals surface area (Å²) >= 11 is 0. The van der Waals surface area contributed by atoms with Crippen molar-refractivity contribution < 1.29 is 23.5 Å². The summed E-state index contributed by atoms with van der Waals surface area (Å²) in [7, 11) is 0. The van der Waals surface area contributed by atoms with E-state index >= 15 is 0 Å². The number of carbonyl (C=O) groups excluding carboxylic acids is 2. The van der Waals surface area contributed by atoms with E-state index in [1.54, 1.807) is 4.90 Å². The smallest absolute Gasteiger partial charge is 0.256 e. The second-order valence-electron chi connectivity index (χ2n) is 7.30. The SMILES string of the molecule is O=C1COc2cc(F)c(C(=O)N3CCC(COc4ccccc4)CC3)cc2C1. The number of amides is 1. The van der Waals surface area contributed by atoms with E-state index in [1.807, 2.05) is 30.3 Å². The third-order valence-electron chi connectivity index (χ3n) is 5.29. The fourth-order valence-electron chi connectivity index (χ4n) is 3.66. The number of para-hydroxylation sites is 1. The lowest BCUT2D eigenvalue weighted by molar-refractivity contribution is -0.121. The van der Waals surface area contributed by atoms with Crippen LogP contribution in [0, 0.1) is 11.7 Å². The van der Waals surface area contributed by atoms with Gasteiger partial charge in [-0.15, -0.1) is 0 Å². The Morgan fingerprint density at radius 1 is 1.18 bits per heavy atom. The highest BCUT2D eigenvalue weighted by Crippen LogP contribution is 2.28. The summed E-state index contributed by atoms with van der Waals surface area (Å²) in [5.74, 6) is 0.549. The molecule has 6 heteroatoms. The molecule has 0 bridgehead atoms. The summed E-state index contributed by atoms with van der Waals surface area (Å²) in [6.45, 7) is 1.69. The molecule has 0 atom stereocenters. The molecular formula is C22H22FNO4. The maximum absolute atomic E-state index is 14.4. The topological polar surface area (TPSA) is 55.8 Å². The summed E-state index contributed by atoms with van der Waals surface area (Å²) < 4.78 is 25.5. The number of nitrogens with zero attached hydrogens (tertiary/aromatic N) is 1. The van der Waals surface area contributed by atoms with E-state index in [0.29, 0.717) is 36.9 Å². The quantitative estimate of drug-likeness (QED) is 0.813. The van der Waals surface area contributed by atoms with Gasteiger partial charge in [0.25, 0.3) is 5.91 Å². The van der Waals surface area contributed by atoms with Gasteiger partial charge >= 0.3 is 0 Å². The van der Waals surface area contributed by atoms with Crippen LogP contribution in [0.25, 0.3) is 0 Å². The van der Waals surface area contributed by atoms with Gasteiger partial charge in [-0.05, 0) is 37.0 Å².